The van der Waals surface area contributed by atoms with Crippen molar-refractivity contribution in [2.24, 2.45) is 11.7 Å². The van der Waals surface area contributed by atoms with Gasteiger partial charge in [0.2, 0.25) is 0 Å². The Hall–Kier alpha value is -1.02. The summed E-state index contributed by atoms with van der Waals surface area (Å²) in [5.41, 5.74) is 8.50. The molecular formula is C14H23NO. The van der Waals surface area contributed by atoms with E-state index in [0.29, 0.717) is 12.5 Å². The molecule has 0 aliphatic heterocycles. The molecule has 1 aromatic carbocycles. The van der Waals surface area contributed by atoms with Gasteiger partial charge in [-0.1, -0.05) is 26.8 Å². The van der Waals surface area contributed by atoms with Crippen molar-refractivity contribution in [3.8, 4) is 5.75 Å². The lowest BCUT2D eigenvalue weighted by Gasteiger charge is -2.17. The fraction of sp³-hybridized carbons (Fsp3) is 0.571. The molecule has 0 spiro atoms. The first-order valence-electron chi connectivity index (χ1n) is 6.02. The highest BCUT2D eigenvalue weighted by molar-refractivity contribution is 5.33. The van der Waals surface area contributed by atoms with Crippen LogP contribution in [0, 0.1) is 12.8 Å². The maximum atomic E-state index is 5.95. The molecule has 2 heteroatoms. The summed E-state index contributed by atoms with van der Waals surface area (Å²) in [5.74, 6) is 1.39. The fourth-order valence-electron chi connectivity index (χ4n) is 1.50. The predicted molar refractivity (Wildman–Crippen MR) is 68.9 cm³/mol. The van der Waals surface area contributed by atoms with Gasteiger partial charge in [-0.15, -0.1) is 0 Å². The first-order valence-corrected chi connectivity index (χ1v) is 6.02. The van der Waals surface area contributed by atoms with Crippen LogP contribution in [0.5, 0.6) is 5.75 Å². The molecule has 1 atom stereocenters. The number of hydrogen-bond acceptors (Lipinski definition) is 2. The number of nitrogens with two attached hydrogens (primary N) is 1. The van der Waals surface area contributed by atoms with Crippen LogP contribution in [0.2, 0.25) is 0 Å². The molecular weight excluding hydrogens is 198 g/mol. The molecule has 90 valence electrons. The number of benzene rings is 1. The molecule has 0 amide bonds. The van der Waals surface area contributed by atoms with Gasteiger partial charge < -0.3 is 10.5 Å². The fourth-order valence-corrected chi connectivity index (χ4v) is 1.50. The zero-order valence-electron chi connectivity index (χ0n) is 10.8. The second kappa shape index (κ2) is 5.90. The molecule has 16 heavy (non-hydrogen) atoms. The van der Waals surface area contributed by atoms with Crippen molar-refractivity contribution in [2.75, 3.05) is 6.61 Å². The normalized spacial score (nSPS) is 12.9. The van der Waals surface area contributed by atoms with Crippen LogP contribution in [0.4, 0.5) is 0 Å². The largest absolute Gasteiger partial charge is 0.492 e. The third kappa shape index (κ3) is 3.86. The summed E-state index contributed by atoms with van der Waals surface area (Å²) in [6, 6.07) is 6.45. The maximum Gasteiger partial charge on any atom is 0.119 e. The van der Waals surface area contributed by atoms with Gasteiger partial charge in [0.15, 0.2) is 0 Å². The highest BCUT2D eigenvalue weighted by Gasteiger charge is 2.08. The van der Waals surface area contributed by atoms with E-state index in [9.17, 15) is 0 Å². The van der Waals surface area contributed by atoms with Crippen LogP contribution in [0.25, 0.3) is 0 Å². The summed E-state index contributed by atoms with van der Waals surface area (Å²) >= 11 is 0. The Morgan fingerprint density at radius 3 is 2.50 bits per heavy atom. The van der Waals surface area contributed by atoms with E-state index in [0.717, 1.165) is 12.2 Å². The average molecular weight is 221 g/mol. The van der Waals surface area contributed by atoms with Crippen LogP contribution in [0.1, 0.15) is 31.9 Å². The van der Waals surface area contributed by atoms with Crippen molar-refractivity contribution in [1.29, 1.82) is 0 Å². The number of rotatable bonds is 5. The lowest BCUT2D eigenvalue weighted by Crippen LogP contribution is -2.33. The van der Waals surface area contributed by atoms with Crippen molar-refractivity contribution < 1.29 is 4.74 Å². The van der Waals surface area contributed by atoms with Gasteiger partial charge in [0, 0.05) is 6.04 Å². The Labute approximate surface area is 98.8 Å². The Morgan fingerprint density at radius 2 is 1.94 bits per heavy atom. The van der Waals surface area contributed by atoms with Crippen molar-refractivity contribution in [3.05, 3.63) is 29.3 Å². The summed E-state index contributed by atoms with van der Waals surface area (Å²) in [4.78, 5) is 0. The summed E-state index contributed by atoms with van der Waals surface area (Å²) < 4.78 is 5.73. The molecule has 1 rings (SSSR count). The zero-order chi connectivity index (χ0) is 12.1. The van der Waals surface area contributed by atoms with E-state index in [1.807, 2.05) is 0 Å². The molecule has 2 nitrogen and oxygen atoms in total. The smallest absolute Gasteiger partial charge is 0.119 e. The first kappa shape index (κ1) is 13.0. The van der Waals surface area contributed by atoms with E-state index in [2.05, 4.69) is 45.9 Å². The Kier molecular flexibility index (Phi) is 4.81. The third-order valence-corrected chi connectivity index (χ3v) is 2.82. The minimum atomic E-state index is 0.102. The van der Waals surface area contributed by atoms with Crippen molar-refractivity contribution >= 4 is 0 Å². The molecule has 0 saturated carbocycles. The van der Waals surface area contributed by atoms with Gasteiger partial charge in [-0.05, 0) is 42.5 Å². The molecule has 0 aliphatic carbocycles. The summed E-state index contributed by atoms with van der Waals surface area (Å²) in [6.07, 6.45) is 1.04. The monoisotopic (exact) mass is 221 g/mol. The lowest BCUT2D eigenvalue weighted by molar-refractivity contribution is 0.259. The Morgan fingerprint density at radius 1 is 1.25 bits per heavy atom. The van der Waals surface area contributed by atoms with E-state index in [-0.39, 0.29) is 6.04 Å². The van der Waals surface area contributed by atoms with E-state index < -0.39 is 0 Å². The molecule has 0 heterocycles. The van der Waals surface area contributed by atoms with Gasteiger partial charge in [0.1, 0.15) is 12.4 Å². The minimum absolute atomic E-state index is 0.102. The van der Waals surface area contributed by atoms with E-state index in [1.54, 1.807) is 0 Å². The molecule has 0 aromatic heterocycles. The molecule has 1 aromatic rings. The molecule has 0 saturated heterocycles. The van der Waals surface area contributed by atoms with Crippen LogP contribution in [-0.4, -0.2) is 12.6 Å². The van der Waals surface area contributed by atoms with Gasteiger partial charge >= 0.3 is 0 Å². The SMILES string of the molecule is CCc1cc(C)cc(OCC(N)C(C)C)c1. The zero-order valence-corrected chi connectivity index (χ0v) is 10.8. The lowest BCUT2D eigenvalue weighted by atomic mass is 10.1. The average Bonchev–Trinajstić information content (AvgIpc) is 2.24. The highest BCUT2D eigenvalue weighted by Crippen LogP contribution is 2.17. The predicted octanol–water partition coefficient (Wildman–Crippen LogP) is 2.92. The topological polar surface area (TPSA) is 35.2 Å². The van der Waals surface area contributed by atoms with Gasteiger partial charge in [-0.25, -0.2) is 0 Å². The summed E-state index contributed by atoms with van der Waals surface area (Å²) in [7, 11) is 0. The molecule has 1 unspecified atom stereocenters. The van der Waals surface area contributed by atoms with E-state index >= 15 is 0 Å². The molecule has 0 fully saturated rings. The Balaban J connectivity index is 2.63. The summed E-state index contributed by atoms with van der Waals surface area (Å²) in [5, 5.41) is 0. The molecule has 2 N–H and O–H groups in total. The van der Waals surface area contributed by atoms with E-state index in [4.69, 9.17) is 10.5 Å². The van der Waals surface area contributed by atoms with Crippen LogP contribution in [0.15, 0.2) is 18.2 Å². The maximum absolute atomic E-state index is 5.95. The van der Waals surface area contributed by atoms with Crippen molar-refractivity contribution in [3.63, 3.8) is 0 Å². The second-order valence-electron chi connectivity index (χ2n) is 4.73. The molecule has 0 radical (unpaired) electrons. The van der Waals surface area contributed by atoms with Gasteiger partial charge in [-0.2, -0.15) is 0 Å². The quantitative estimate of drug-likeness (QED) is 0.829. The van der Waals surface area contributed by atoms with Crippen LogP contribution < -0.4 is 10.5 Å². The highest BCUT2D eigenvalue weighted by atomic mass is 16.5. The van der Waals surface area contributed by atoms with Crippen LogP contribution >= 0.6 is 0 Å². The Bertz CT molecular complexity index is 334. The number of ether oxygens (including phenoxy) is 1. The van der Waals surface area contributed by atoms with Crippen molar-refractivity contribution in [1.82, 2.24) is 0 Å². The first-order chi connectivity index (χ1) is 7.52. The van der Waals surface area contributed by atoms with Gasteiger partial charge in [0.25, 0.3) is 0 Å². The van der Waals surface area contributed by atoms with Crippen molar-refractivity contribution in [2.45, 2.75) is 40.2 Å². The standard InChI is InChI=1S/C14H23NO/c1-5-12-6-11(4)7-13(8-12)16-9-14(15)10(2)3/h6-8,10,14H,5,9,15H2,1-4H3. The van der Waals surface area contributed by atoms with Gasteiger partial charge in [-0.3, -0.25) is 0 Å². The minimum Gasteiger partial charge on any atom is -0.492 e. The molecule has 0 aliphatic rings. The van der Waals surface area contributed by atoms with E-state index in [1.165, 1.54) is 11.1 Å². The van der Waals surface area contributed by atoms with Gasteiger partial charge in [0.05, 0.1) is 0 Å². The molecule has 0 bridgehead atoms. The number of hydrogen-bond donors (Lipinski definition) is 1. The second-order valence-corrected chi connectivity index (χ2v) is 4.73. The van der Waals surface area contributed by atoms with Crippen LogP contribution in [0.3, 0.4) is 0 Å². The van der Waals surface area contributed by atoms with Crippen LogP contribution in [-0.2, 0) is 6.42 Å². The number of aryl methyl sites for hydroxylation is 2. The summed E-state index contributed by atoms with van der Waals surface area (Å²) in [6.45, 7) is 9.06. The third-order valence-electron chi connectivity index (χ3n) is 2.82.